The topological polar surface area (TPSA) is 37.3 Å². The third-order valence-corrected chi connectivity index (χ3v) is 1.89. The number of carbonyl (C=O) groups is 1. The van der Waals surface area contributed by atoms with Crippen LogP contribution in [0.25, 0.3) is 0 Å². The van der Waals surface area contributed by atoms with E-state index in [4.69, 9.17) is 5.11 Å². The number of aliphatic hydroxyl groups excluding tert-OH is 1. The molecule has 2 nitrogen and oxygen atoms in total. The first-order valence-electron chi connectivity index (χ1n) is 3.01. The Kier molecular flexibility index (Phi) is 1.41. The molecule has 0 bridgehead atoms. The van der Waals surface area contributed by atoms with Gasteiger partial charge in [0.1, 0.15) is 0 Å². The molecule has 0 radical (unpaired) electrons. The van der Waals surface area contributed by atoms with Crippen LogP contribution in [0.5, 0.6) is 0 Å². The molecular formula is C7H10O2. The van der Waals surface area contributed by atoms with Gasteiger partial charge in [0.15, 0.2) is 5.78 Å². The summed E-state index contributed by atoms with van der Waals surface area (Å²) < 4.78 is 0. The van der Waals surface area contributed by atoms with Crippen LogP contribution in [-0.2, 0) is 4.79 Å². The van der Waals surface area contributed by atoms with E-state index in [0.29, 0.717) is 0 Å². The lowest BCUT2D eigenvalue weighted by Crippen LogP contribution is -2.03. The molecule has 9 heavy (non-hydrogen) atoms. The first-order chi connectivity index (χ1) is 4.13. The van der Waals surface area contributed by atoms with Gasteiger partial charge in [-0.25, -0.2) is 0 Å². The van der Waals surface area contributed by atoms with Gasteiger partial charge in [0.05, 0.1) is 6.10 Å². The molecule has 1 atom stereocenters. The molecule has 0 amide bonds. The van der Waals surface area contributed by atoms with Crippen molar-refractivity contribution in [3.8, 4) is 0 Å². The van der Waals surface area contributed by atoms with Crippen LogP contribution in [0.1, 0.15) is 20.3 Å². The number of hydrogen-bond donors (Lipinski definition) is 1. The lowest BCUT2D eigenvalue weighted by Gasteiger charge is -1.97. The fourth-order valence-electron chi connectivity index (χ4n) is 0.952. The van der Waals surface area contributed by atoms with Gasteiger partial charge >= 0.3 is 0 Å². The Hall–Kier alpha value is -0.630. The van der Waals surface area contributed by atoms with Gasteiger partial charge in [-0.05, 0) is 25.0 Å². The average Bonchev–Trinajstić information content (AvgIpc) is 1.98. The first-order valence-corrected chi connectivity index (χ1v) is 3.01. The molecule has 0 saturated carbocycles. The minimum atomic E-state index is -0.502. The third kappa shape index (κ3) is 0.900. The zero-order chi connectivity index (χ0) is 7.02. The molecule has 0 spiro atoms. The van der Waals surface area contributed by atoms with Gasteiger partial charge in [0.2, 0.25) is 0 Å². The van der Waals surface area contributed by atoms with Crippen molar-refractivity contribution in [2.75, 3.05) is 0 Å². The summed E-state index contributed by atoms with van der Waals surface area (Å²) in [5, 5.41) is 9.06. The second-order valence-electron chi connectivity index (χ2n) is 2.45. The van der Waals surface area contributed by atoms with E-state index in [9.17, 15) is 4.79 Å². The van der Waals surface area contributed by atoms with Gasteiger partial charge in [0.25, 0.3) is 0 Å². The first kappa shape index (κ1) is 6.49. The second-order valence-corrected chi connectivity index (χ2v) is 2.45. The van der Waals surface area contributed by atoms with E-state index < -0.39 is 6.10 Å². The van der Waals surface area contributed by atoms with Crippen molar-refractivity contribution in [3.05, 3.63) is 11.1 Å². The number of hydrogen-bond acceptors (Lipinski definition) is 2. The number of ketones is 1. The molecule has 50 valence electrons. The second kappa shape index (κ2) is 1.95. The van der Waals surface area contributed by atoms with E-state index in [1.54, 1.807) is 13.8 Å². The summed E-state index contributed by atoms with van der Waals surface area (Å²) in [5.41, 5.74) is 1.57. The Labute approximate surface area is 54.2 Å². The normalized spacial score (nSPS) is 27.9. The standard InChI is InChI=1S/C7H10O2/c1-4-5(2)7(9)3-6(4)8/h6,8H,3H2,1-2H3/t6-/m0/s1. The van der Waals surface area contributed by atoms with Gasteiger partial charge in [0, 0.05) is 6.42 Å². The van der Waals surface area contributed by atoms with E-state index in [1.165, 1.54) is 0 Å². The summed E-state index contributed by atoms with van der Waals surface area (Å²) in [7, 11) is 0. The third-order valence-electron chi connectivity index (χ3n) is 1.89. The number of carbonyl (C=O) groups excluding carboxylic acids is 1. The van der Waals surface area contributed by atoms with Crippen LogP contribution in [0.2, 0.25) is 0 Å². The molecule has 0 aromatic heterocycles. The molecule has 0 fully saturated rings. The highest BCUT2D eigenvalue weighted by Gasteiger charge is 2.24. The molecule has 0 aromatic rings. The average molecular weight is 126 g/mol. The number of allylic oxidation sites excluding steroid dienone is 1. The zero-order valence-corrected chi connectivity index (χ0v) is 5.64. The minimum absolute atomic E-state index is 0.0833. The molecule has 0 unspecified atom stereocenters. The van der Waals surface area contributed by atoms with Crippen molar-refractivity contribution in [3.63, 3.8) is 0 Å². The Morgan fingerprint density at radius 3 is 2.22 bits per heavy atom. The van der Waals surface area contributed by atoms with E-state index in [2.05, 4.69) is 0 Å². The fraction of sp³-hybridized carbons (Fsp3) is 0.571. The summed E-state index contributed by atoms with van der Waals surface area (Å²) in [4.78, 5) is 10.8. The Bertz CT molecular complexity index is 179. The van der Waals surface area contributed by atoms with Crippen LogP contribution in [0.15, 0.2) is 11.1 Å². The van der Waals surface area contributed by atoms with Crippen molar-refractivity contribution in [2.24, 2.45) is 0 Å². The lowest BCUT2D eigenvalue weighted by atomic mass is 10.2. The molecule has 0 aliphatic heterocycles. The van der Waals surface area contributed by atoms with E-state index in [-0.39, 0.29) is 12.2 Å². The summed E-state index contributed by atoms with van der Waals surface area (Å²) in [6, 6.07) is 0. The van der Waals surface area contributed by atoms with Crippen molar-refractivity contribution >= 4 is 5.78 Å². The van der Waals surface area contributed by atoms with Crippen LogP contribution < -0.4 is 0 Å². The van der Waals surface area contributed by atoms with Crippen molar-refractivity contribution in [1.29, 1.82) is 0 Å². The fourth-order valence-corrected chi connectivity index (χ4v) is 0.952. The maximum absolute atomic E-state index is 10.8. The van der Waals surface area contributed by atoms with Crippen molar-refractivity contribution in [2.45, 2.75) is 26.4 Å². The molecule has 0 saturated heterocycles. The largest absolute Gasteiger partial charge is 0.388 e. The molecule has 1 N–H and O–H groups in total. The van der Waals surface area contributed by atoms with E-state index in [0.717, 1.165) is 11.1 Å². The van der Waals surface area contributed by atoms with E-state index in [1.807, 2.05) is 0 Å². The van der Waals surface area contributed by atoms with Crippen molar-refractivity contribution < 1.29 is 9.90 Å². The van der Waals surface area contributed by atoms with Crippen LogP contribution in [0.3, 0.4) is 0 Å². The summed E-state index contributed by atoms with van der Waals surface area (Å²) >= 11 is 0. The maximum atomic E-state index is 10.8. The lowest BCUT2D eigenvalue weighted by molar-refractivity contribution is -0.115. The molecule has 0 aromatic carbocycles. The molecular weight excluding hydrogens is 116 g/mol. The Balaban J connectivity index is 2.92. The molecule has 1 aliphatic rings. The van der Waals surface area contributed by atoms with Gasteiger partial charge in [-0.3, -0.25) is 4.79 Å². The molecule has 0 heterocycles. The van der Waals surface area contributed by atoms with Gasteiger partial charge in [-0.15, -0.1) is 0 Å². The summed E-state index contributed by atoms with van der Waals surface area (Å²) in [6.07, 6.45) is -0.213. The minimum Gasteiger partial charge on any atom is -0.388 e. The van der Waals surface area contributed by atoms with Crippen LogP contribution in [0, 0.1) is 0 Å². The van der Waals surface area contributed by atoms with Gasteiger partial charge < -0.3 is 5.11 Å². The highest BCUT2D eigenvalue weighted by Crippen LogP contribution is 2.21. The predicted octanol–water partition coefficient (Wildman–Crippen LogP) is 0.657. The predicted molar refractivity (Wildman–Crippen MR) is 34.0 cm³/mol. The SMILES string of the molecule is CC1=C(C)[C@@H](O)CC1=O. The molecule has 1 rings (SSSR count). The monoisotopic (exact) mass is 126 g/mol. The van der Waals surface area contributed by atoms with E-state index >= 15 is 0 Å². The number of aliphatic hydroxyl groups is 1. The highest BCUT2D eigenvalue weighted by molar-refractivity contribution is 5.98. The van der Waals surface area contributed by atoms with Crippen molar-refractivity contribution in [1.82, 2.24) is 0 Å². The van der Waals surface area contributed by atoms with Crippen LogP contribution in [-0.4, -0.2) is 17.0 Å². The highest BCUT2D eigenvalue weighted by atomic mass is 16.3. The molecule has 1 aliphatic carbocycles. The smallest absolute Gasteiger partial charge is 0.161 e. The quantitative estimate of drug-likeness (QED) is 0.517. The number of rotatable bonds is 0. The van der Waals surface area contributed by atoms with Gasteiger partial charge in [-0.1, -0.05) is 0 Å². The maximum Gasteiger partial charge on any atom is 0.161 e. The number of Topliss-reactive ketones (excluding diaryl/α,β-unsaturated/α-hetero) is 1. The van der Waals surface area contributed by atoms with Gasteiger partial charge in [-0.2, -0.15) is 0 Å². The Morgan fingerprint density at radius 1 is 1.56 bits per heavy atom. The summed E-state index contributed by atoms with van der Waals surface area (Å²) in [5.74, 6) is 0.0833. The Morgan fingerprint density at radius 2 is 2.11 bits per heavy atom. The zero-order valence-electron chi connectivity index (χ0n) is 5.64. The van der Waals surface area contributed by atoms with Crippen LogP contribution >= 0.6 is 0 Å². The summed E-state index contributed by atoms with van der Waals surface area (Å²) in [6.45, 7) is 3.55. The molecule has 2 heteroatoms. The van der Waals surface area contributed by atoms with Crippen LogP contribution in [0.4, 0.5) is 0 Å².